The summed E-state index contributed by atoms with van der Waals surface area (Å²) in [5, 5.41) is 6.30. The molecule has 1 aromatic heterocycles. The average Bonchev–Trinajstić information content (AvgIpc) is 2.81. The third kappa shape index (κ3) is 4.86. The van der Waals surface area contributed by atoms with Crippen molar-refractivity contribution in [2.75, 3.05) is 6.61 Å². The van der Waals surface area contributed by atoms with Gasteiger partial charge >= 0.3 is 0 Å². The van der Waals surface area contributed by atoms with Gasteiger partial charge in [-0.2, -0.15) is 0 Å². The molecule has 7 nitrogen and oxygen atoms in total. The fourth-order valence-electron chi connectivity index (χ4n) is 4.64. The Bertz CT molecular complexity index is 1010. The van der Waals surface area contributed by atoms with Crippen molar-refractivity contribution >= 4 is 23.4 Å². The minimum Gasteiger partial charge on any atom is -0.484 e. The van der Waals surface area contributed by atoms with Gasteiger partial charge in [0, 0.05) is 29.9 Å². The third-order valence-electron chi connectivity index (χ3n) is 6.58. The molecule has 1 aromatic carbocycles. The Labute approximate surface area is 190 Å². The molecule has 3 fully saturated rings. The molecule has 0 saturated heterocycles. The summed E-state index contributed by atoms with van der Waals surface area (Å²) in [6, 6.07) is 7.58. The molecule has 0 aliphatic heterocycles. The SMILES string of the molecule is NCc1ccnc(C(=O)NC23CCC(NC(=O)COc4ccc(Cl)c(F)c4)(CC2)CC3)c1. The fraction of sp³-hybridized carbons (Fsp3) is 0.435. The lowest BCUT2D eigenvalue weighted by molar-refractivity contribution is -0.126. The number of amides is 2. The lowest BCUT2D eigenvalue weighted by Gasteiger charge is -2.53. The van der Waals surface area contributed by atoms with Gasteiger partial charge in [0.1, 0.15) is 17.3 Å². The Hall–Kier alpha value is -2.71. The van der Waals surface area contributed by atoms with Crippen LogP contribution in [0.15, 0.2) is 36.5 Å². The number of ether oxygens (including phenoxy) is 1. The molecule has 3 saturated carbocycles. The maximum atomic E-state index is 13.5. The standard InChI is InChI=1S/C23H26ClFN4O3/c24-17-2-1-16(12-18(17)25)32-14-20(30)28-22-4-7-23(8-5-22,9-6-22)29-21(31)19-11-15(13-26)3-10-27-19/h1-3,10-12H,4-9,13-14,26H2,(H,28,30)(H,29,31). The van der Waals surface area contributed by atoms with Gasteiger partial charge in [0.25, 0.3) is 11.8 Å². The Morgan fingerprint density at radius 1 is 1.06 bits per heavy atom. The van der Waals surface area contributed by atoms with Crippen LogP contribution < -0.4 is 21.1 Å². The van der Waals surface area contributed by atoms with E-state index < -0.39 is 5.82 Å². The van der Waals surface area contributed by atoms with Crippen LogP contribution in [0.4, 0.5) is 4.39 Å². The van der Waals surface area contributed by atoms with Crippen LogP contribution in [0.3, 0.4) is 0 Å². The summed E-state index contributed by atoms with van der Waals surface area (Å²) in [5.41, 5.74) is 6.32. The van der Waals surface area contributed by atoms with Crippen molar-refractivity contribution in [2.24, 2.45) is 5.73 Å². The molecule has 4 N–H and O–H groups in total. The first kappa shape index (κ1) is 22.5. The normalized spacial score (nSPS) is 24.1. The Balaban J connectivity index is 1.30. The first-order chi connectivity index (χ1) is 15.3. The van der Waals surface area contributed by atoms with Crippen LogP contribution >= 0.6 is 11.6 Å². The van der Waals surface area contributed by atoms with Crippen LogP contribution in [0.5, 0.6) is 5.75 Å². The van der Waals surface area contributed by atoms with Gasteiger partial charge in [-0.3, -0.25) is 14.6 Å². The predicted octanol–water partition coefficient (Wildman–Crippen LogP) is 3.10. The van der Waals surface area contributed by atoms with Gasteiger partial charge in [0.2, 0.25) is 0 Å². The lowest BCUT2D eigenvalue weighted by Crippen LogP contribution is -2.64. The quantitative estimate of drug-likeness (QED) is 0.588. The van der Waals surface area contributed by atoms with E-state index in [9.17, 15) is 14.0 Å². The maximum absolute atomic E-state index is 13.5. The molecule has 1 heterocycles. The zero-order chi connectivity index (χ0) is 22.8. The molecule has 170 valence electrons. The van der Waals surface area contributed by atoms with Crippen molar-refractivity contribution in [3.05, 3.63) is 58.6 Å². The Morgan fingerprint density at radius 2 is 1.72 bits per heavy atom. The second-order valence-corrected chi connectivity index (χ2v) is 9.09. The second-order valence-electron chi connectivity index (χ2n) is 8.68. The van der Waals surface area contributed by atoms with Gasteiger partial charge in [-0.1, -0.05) is 11.6 Å². The highest BCUT2D eigenvalue weighted by Crippen LogP contribution is 2.47. The predicted molar refractivity (Wildman–Crippen MR) is 118 cm³/mol. The first-order valence-electron chi connectivity index (χ1n) is 10.7. The van der Waals surface area contributed by atoms with Crippen LogP contribution in [0.1, 0.15) is 54.6 Å². The number of aromatic nitrogens is 1. The summed E-state index contributed by atoms with van der Waals surface area (Å²) in [5.74, 6) is -0.782. The van der Waals surface area contributed by atoms with Crippen LogP contribution in [-0.4, -0.2) is 34.5 Å². The summed E-state index contributed by atoms with van der Waals surface area (Å²) >= 11 is 5.66. The van der Waals surface area contributed by atoms with Gasteiger partial charge in [-0.15, -0.1) is 0 Å². The molecule has 3 aliphatic rings. The summed E-state index contributed by atoms with van der Waals surface area (Å²) < 4.78 is 18.9. The number of halogens is 2. The molecule has 0 radical (unpaired) electrons. The summed E-state index contributed by atoms with van der Waals surface area (Å²) in [4.78, 5) is 29.4. The molecule has 9 heteroatoms. The molecule has 32 heavy (non-hydrogen) atoms. The number of carbonyl (C=O) groups excluding carboxylic acids is 2. The first-order valence-corrected chi connectivity index (χ1v) is 11.1. The zero-order valence-electron chi connectivity index (χ0n) is 17.6. The number of nitrogens with zero attached hydrogens (tertiary/aromatic N) is 1. The number of carbonyl (C=O) groups is 2. The van der Waals surface area contributed by atoms with Crippen LogP contribution in [0.2, 0.25) is 5.02 Å². The molecular formula is C23H26ClFN4O3. The zero-order valence-corrected chi connectivity index (χ0v) is 18.4. The Kier molecular flexibility index (Phi) is 6.35. The van der Waals surface area contributed by atoms with Crippen molar-refractivity contribution in [1.82, 2.24) is 15.6 Å². The minimum atomic E-state index is -0.592. The number of benzene rings is 1. The smallest absolute Gasteiger partial charge is 0.270 e. The second kappa shape index (κ2) is 9.03. The van der Waals surface area contributed by atoms with E-state index in [0.717, 1.165) is 50.2 Å². The highest BCUT2D eigenvalue weighted by atomic mass is 35.5. The largest absolute Gasteiger partial charge is 0.484 e. The molecular weight excluding hydrogens is 435 g/mol. The van der Waals surface area contributed by atoms with Crippen molar-refractivity contribution in [3.63, 3.8) is 0 Å². The van der Waals surface area contributed by atoms with E-state index in [4.69, 9.17) is 22.1 Å². The maximum Gasteiger partial charge on any atom is 0.270 e. The lowest BCUT2D eigenvalue weighted by atomic mass is 9.61. The minimum absolute atomic E-state index is 0.00328. The van der Waals surface area contributed by atoms with Crippen molar-refractivity contribution in [1.29, 1.82) is 0 Å². The molecule has 0 spiro atoms. The van der Waals surface area contributed by atoms with E-state index in [1.165, 1.54) is 12.1 Å². The molecule has 2 bridgehead atoms. The van der Waals surface area contributed by atoms with E-state index in [-0.39, 0.29) is 40.3 Å². The number of nitrogens with two attached hydrogens (primary N) is 1. The summed E-state index contributed by atoms with van der Waals surface area (Å²) in [6.45, 7) is 0.153. The van der Waals surface area contributed by atoms with E-state index in [2.05, 4.69) is 15.6 Å². The number of rotatable bonds is 7. The summed E-state index contributed by atoms with van der Waals surface area (Å²) in [6.07, 6.45) is 6.23. The van der Waals surface area contributed by atoms with Gasteiger partial charge in [-0.05, 0) is 68.4 Å². The van der Waals surface area contributed by atoms with E-state index in [1.807, 2.05) is 0 Å². The molecule has 3 aliphatic carbocycles. The van der Waals surface area contributed by atoms with E-state index >= 15 is 0 Å². The fourth-order valence-corrected chi connectivity index (χ4v) is 4.76. The van der Waals surface area contributed by atoms with E-state index in [1.54, 1.807) is 18.3 Å². The average molecular weight is 461 g/mol. The number of hydrogen-bond donors (Lipinski definition) is 3. The van der Waals surface area contributed by atoms with Gasteiger partial charge < -0.3 is 21.1 Å². The number of hydrogen-bond acceptors (Lipinski definition) is 5. The van der Waals surface area contributed by atoms with Gasteiger partial charge in [-0.25, -0.2) is 4.39 Å². The van der Waals surface area contributed by atoms with Gasteiger partial charge in [0.15, 0.2) is 6.61 Å². The topological polar surface area (TPSA) is 106 Å². The van der Waals surface area contributed by atoms with Crippen LogP contribution in [-0.2, 0) is 11.3 Å². The molecule has 2 amide bonds. The van der Waals surface area contributed by atoms with Crippen molar-refractivity contribution in [2.45, 2.75) is 56.1 Å². The monoisotopic (exact) mass is 460 g/mol. The third-order valence-corrected chi connectivity index (χ3v) is 6.89. The highest BCUT2D eigenvalue weighted by molar-refractivity contribution is 6.30. The van der Waals surface area contributed by atoms with Crippen molar-refractivity contribution in [3.8, 4) is 5.75 Å². The van der Waals surface area contributed by atoms with E-state index in [0.29, 0.717) is 12.2 Å². The summed E-state index contributed by atoms with van der Waals surface area (Å²) in [7, 11) is 0. The van der Waals surface area contributed by atoms with Gasteiger partial charge in [0.05, 0.1) is 5.02 Å². The number of nitrogens with one attached hydrogen (secondary N) is 2. The molecule has 2 aromatic rings. The number of fused-ring (bicyclic) bond motifs is 3. The molecule has 0 atom stereocenters. The highest BCUT2D eigenvalue weighted by Gasteiger charge is 2.50. The molecule has 5 rings (SSSR count). The molecule has 0 unspecified atom stereocenters. The van der Waals surface area contributed by atoms with Crippen LogP contribution in [0.25, 0.3) is 0 Å². The number of pyridine rings is 1. The van der Waals surface area contributed by atoms with Crippen LogP contribution in [0, 0.1) is 5.82 Å². The van der Waals surface area contributed by atoms with Crippen molar-refractivity contribution < 1.29 is 18.7 Å². The Morgan fingerprint density at radius 3 is 2.34 bits per heavy atom.